The van der Waals surface area contributed by atoms with Crippen molar-refractivity contribution in [1.29, 1.82) is 0 Å². The second kappa shape index (κ2) is 9.41. The Morgan fingerprint density at radius 3 is 2.54 bits per heavy atom. The van der Waals surface area contributed by atoms with Gasteiger partial charge in [-0.2, -0.15) is 0 Å². The lowest BCUT2D eigenvalue weighted by Crippen LogP contribution is -2.39. The molecule has 1 atom stereocenters. The Morgan fingerprint density at radius 2 is 1.92 bits per heavy atom. The Kier molecular flexibility index (Phi) is 6.26. The number of aromatic nitrogens is 2. The monoisotopic (exact) mass is 534 g/mol. The number of ether oxygens (including phenoxy) is 1. The van der Waals surface area contributed by atoms with Gasteiger partial charge >= 0.3 is 5.97 Å². The summed E-state index contributed by atoms with van der Waals surface area (Å²) in [5.74, 6) is -0.513. The smallest absolute Gasteiger partial charge is 0.338 e. The van der Waals surface area contributed by atoms with Crippen molar-refractivity contribution in [2.24, 2.45) is 4.99 Å². The molecule has 188 valence electrons. The Morgan fingerprint density at radius 1 is 1.19 bits per heavy atom. The predicted octanol–water partition coefficient (Wildman–Crippen LogP) is 3.79. The Bertz CT molecular complexity index is 1760. The highest BCUT2D eigenvalue weighted by Crippen LogP contribution is 2.33. The van der Waals surface area contributed by atoms with Crippen molar-refractivity contribution in [2.45, 2.75) is 26.8 Å². The number of benzene rings is 1. The fraction of sp³-hybridized carbons (Fsp3) is 0.192. The van der Waals surface area contributed by atoms with Crippen LogP contribution in [0.4, 0.5) is 5.69 Å². The van der Waals surface area contributed by atoms with Crippen LogP contribution in [0.1, 0.15) is 34.8 Å². The van der Waals surface area contributed by atoms with Crippen LogP contribution in [0.2, 0.25) is 0 Å². The number of non-ortho nitro benzene ring substituents is 1. The normalized spacial score (nSPS) is 15.5. The highest BCUT2D eigenvalue weighted by Gasteiger charge is 2.33. The van der Waals surface area contributed by atoms with Crippen molar-refractivity contribution < 1.29 is 14.5 Å². The molecule has 9 nitrogen and oxygen atoms in total. The van der Waals surface area contributed by atoms with E-state index < -0.39 is 16.9 Å². The number of nitro groups is 1. The van der Waals surface area contributed by atoms with Crippen molar-refractivity contribution >= 4 is 40.4 Å². The number of esters is 1. The molecule has 1 aliphatic heterocycles. The summed E-state index contributed by atoms with van der Waals surface area (Å²) < 4.78 is 9.07. The molecular weight excluding hydrogens is 512 g/mol. The molecular formula is C26H22N4O5S2. The highest BCUT2D eigenvalue weighted by atomic mass is 32.1. The van der Waals surface area contributed by atoms with E-state index in [1.54, 1.807) is 23.6 Å². The van der Waals surface area contributed by atoms with Gasteiger partial charge < -0.3 is 9.30 Å². The molecule has 0 amide bonds. The third kappa shape index (κ3) is 4.15. The Balaban J connectivity index is 1.65. The molecule has 0 saturated heterocycles. The second-order valence-electron chi connectivity index (χ2n) is 8.52. The molecule has 0 bridgehead atoms. The topological polar surface area (TPSA) is 109 Å². The van der Waals surface area contributed by atoms with Crippen LogP contribution in [0.5, 0.6) is 0 Å². The minimum absolute atomic E-state index is 0.0226. The molecule has 1 unspecified atom stereocenters. The summed E-state index contributed by atoms with van der Waals surface area (Å²) in [5, 5.41) is 12.9. The highest BCUT2D eigenvalue weighted by molar-refractivity contribution is 7.10. The molecule has 4 aromatic rings. The molecule has 1 aromatic carbocycles. The van der Waals surface area contributed by atoms with E-state index >= 15 is 0 Å². The number of rotatable bonds is 5. The zero-order valence-corrected chi connectivity index (χ0v) is 22.1. The van der Waals surface area contributed by atoms with Gasteiger partial charge in [0, 0.05) is 34.1 Å². The molecule has 0 saturated carbocycles. The summed E-state index contributed by atoms with van der Waals surface area (Å²) >= 11 is 2.73. The number of nitro benzene ring substituents is 1. The molecule has 5 rings (SSSR count). The summed E-state index contributed by atoms with van der Waals surface area (Å²) in [6.45, 7) is 5.63. The Hall–Kier alpha value is -4.09. The van der Waals surface area contributed by atoms with Crippen LogP contribution in [0.3, 0.4) is 0 Å². The number of fused-ring (bicyclic) bond motifs is 1. The summed E-state index contributed by atoms with van der Waals surface area (Å²) in [5.41, 5.74) is 4.10. The second-order valence-corrected chi connectivity index (χ2v) is 10.5. The van der Waals surface area contributed by atoms with E-state index in [-0.39, 0.29) is 11.2 Å². The van der Waals surface area contributed by atoms with E-state index in [4.69, 9.17) is 4.74 Å². The standard InChI is InChI=1S/C26H22N4O5S2/c1-14-12-17(16(3)28(14)18-7-9-19(10-8-18)30(33)34)13-21-24(31)29-23(20-6-5-11-36-20)22(25(32)35-4)15(2)27-26(29)37-21/h5-13,23H,1-4H3. The van der Waals surface area contributed by atoms with Gasteiger partial charge in [-0.15, -0.1) is 11.3 Å². The summed E-state index contributed by atoms with van der Waals surface area (Å²) in [6, 6.07) is 11.5. The molecule has 11 heteroatoms. The van der Waals surface area contributed by atoms with Crippen molar-refractivity contribution in [1.82, 2.24) is 9.13 Å². The van der Waals surface area contributed by atoms with Crippen molar-refractivity contribution in [2.75, 3.05) is 7.11 Å². The number of nitrogens with zero attached hydrogens (tertiary/aromatic N) is 4. The van der Waals surface area contributed by atoms with Crippen LogP contribution in [-0.4, -0.2) is 27.1 Å². The van der Waals surface area contributed by atoms with Gasteiger partial charge in [-0.25, -0.2) is 9.79 Å². The first-order valence-electron chi connectivity index (χ1n) is 11.3. The molecule has 0 N–H and O–H groups in total. The van der Waals surface area contributed by atoms with Gasteiger partial charge in [0.15, 0.2) is 4.80 Å². The number of hydrogen-bond donors (Lipinski definition) is 0. The van der Waals surface area contributed by atoms with Gasteiger partial charge in [-0.05, 0) is 62.1 Å². The first kappa shape index (κ1) is 24.6. The summed E-state index contributed by atoms with van der Waals surface area (Å²) in [4.78, 5) is 42.9. The maximum atomic E-state index is 13.7. The van der Waals surface area contributed by atoms with Crippen LogP contribution >= 0.6 is 22.7 Å². The number of thiazole rings is 1. The maximum Gasteiger partial charge on any atom is 0.338 e. The molecule has 4 heterocycles. The molecule has 1 aliphatic rings. The number of aryl methyl sites for hydroxylation is 1. The van der Waals surface area contributed by atoms with Gasteiger partial charge in [0.1, 0.15) is 6.04 Å². The third-order valence-electron chi connectivity index (χ3n) is 6.32. The van der Waals surface area contributed by atoms with Crippen molar-refractivity contribution in [3.05, 3.63) is 111 Å². The van der Waals surface area contributed by atoms with Gasteiger partial charge in [0.05, 0.1) is 27.8 Å². The lowest BCUT2D eigenvalue weighted by Gasteiger charge is -2.22. The maximum absolute atomic E-state index is 13.7. The van der Waals surface area contributed by atoms with Crippen LogP contribution in [0.25, 0.3) is 11.8 Å². The molecule has 0 spiro atoms. The average molecular weight is 535 g/mol. The zero-order chi connectivity index (χ0) is 26.4. The minimum Gasteiger partial charge on any atom is -0.466 e. The van der Waals surface area contributed by atoms with E-state index in [0.29, 0.717) is 20.6 Å². The predicted molar refractivity (Wildman–Crippen MR) is 142 cm³/mol. The fourth-order valence-electron chi connectivity index (χ4n) is 4.60. The first-order valence-corrected chi connectivity index (χ1v) is 13.0. The van der Waals surface area contributed by atoms with E-state index in [1.807, 2.05) is 48.1 Å². The number of carbonyl (C=O) groups is 1. The summed E-state index contributed by atoms with van der Waals surface area (Å²) in [6.07, 6.45) is 1.83. The lowest BCUT2D eigenvalue weighted by molar-refractivity contribution is -0.384. The van der Waals surface area contributed by atoms with Gasteiger partial charge in [0.2, 0.25) is 0 Å². The fourth-order valence-corrected chi connectivity index (χ4v) is 6.47. The number of thiophene rings is 1. The van der Waals surface area contributed by atoms with E-state index in [2.05, 4.69) is 4.99 Å². The number of allylic oxidation sites excluding steroid dienone is 1. The zero-order valence-electron chi connectivity index (χ0n) is 20.4. The van der Waals surface area contributed by atoms with Gasteiger partial charge in [0.25, 0.3) is 11.2 Å². The molecule has 0 fully saturated rings. The van der Waals surface area contributed by atoms with Crippen molar-refractivity contribution in [3.63, 3.8) is 0 Å². The first-order chi connectivity index (χ1) is 17.7. The van der Waals surface area contributed by atoms with Crippen LogP contribution in [0, 0.1) is 24.0 Å². The van der Waals surface area contributed by atoms with Gasteiger partial charge in [-0.1, -0.05) is 17.4 Å². The van der Waals surface area contributed by atoms with E-state index in [9.17, 15) is 19.7 Å². The third-order valence-corrected chi connectivity index (χ3v) is 8.22. The molecule has 37 heavy (non-hydrogen) atoms. The van der Waals surface area contributed by atoms with E-state index in [1.165, 1.54) is 41.9 Å². The van der Waals surface area contributed by atoms with Crippen LogP contribution in [0.15, 0.2) is 68.9 Å². The molecule has 3 aromatic heterocycles. The largest absolute Gasteiger partial charge is 0.466 e. The van der Waals surface area contributed by atoms with Crippen LogP contribution < -0.4 is 14.9 Å². The number of carbonyl (C=O) groups excluding carboxylic acids is 1. The Labute approximate surface area is 219 Å². The number of methoxy groups -OCH3 is 1. The SMILES string of the molecule is COC(=O)C1=C(C)N=c2sc(=Cc3cc(C)n(-c4ccc([N+](=O)[O-])cc4)c3C)c(=O)n2C1c1cccs1. The molecule has 0 radical (unpaired) electrons. The lowest BCUT2D eigenvalue weighted by atomic mass is 10.0. The van der Waals surface area contributed by atoms with E-state index in [0.717, 1.165) is 27.5 Å². The summed E-state index contributed by atoms with van der Waals surface area (Å²) in [7, 11) is 1.32. The minimum atomic E-state index is -0.613. The van der Waals surface area contributed by atoms with Crippen molar-refractivity contribution in [3.8, 4) is 5.69 Å². The average Bonchev–Trinajstić information content (AvgIpc) is 3.57. The van der Waals surface area contributed by atoms with Gasteiger partial charge in [-0.3, -0.25) is 19.5 Å². The molecule has 0 aliphatic carbocycles. The van der Waals surface area contributed by atoms with Crippen LogP contribution in [-0.2, 0) is 9.53 Å². The number of hydrogen-bond acceptors (Lipinski definition) is 8. The quantitative estimate of drug-likeness (QED) is 0.220.